The van der Waals surface area contributed by atoms with Gasteiger partial charge in [-0.25, -0.2) is 4.79 Å². The summed E-state index contributed by atoms with van der Waals surface area (Å²) in [6, 6.07) is 8.48. The maximum atomic E-state index is 12.9. The molecule has 7 nitrogen and oxygen atoms in total. The molecule has 0 unspecified atom stereocenters. The normalized spacial score (nSPS) is 19.0. The van der Waals surface area contributed by atoms with E-state index in [1.165, 1.54) is 0 Å². The lowest BCUT2D eigenvalue weighted by Gasteiger charge is -2.23. The average Bonchev–Trinajstić information content (AvgIpc) is 2.73. The standard InChI is InChI=1S/C23H32N2O5/c1-16(2)20(25-23(29)30-15-17-10-6-5-7-11-17)19(26)14-18-12-8-3-4-9-13-24-22(28)21(18)27/h5-7,10-11,16,18,20H,3-4,8-9,12-15H2,1-2H3,(H,24,28)(H,25,29)/t18-,20+/m1/s1. The maximum Gasteiger partial charge on any atom is 0.408 e. The number of ketones is 2. The van der Waals surface area contributed by atoms with E-state index >= 15 is 0 Å². The average molecular weight is 417 g/mol. The first-order valence-electron chi connectivity index (χ1n) is 10.7. The fourth-order valence-corrected chi connectivity index (χ4v) is 3.55. The summed E-state index contributed by atoms with van der Waals surface area (Å²) in [6.07, 6.45) is 3.36. The van der Waals surface area contributed by atoms with Crippen LogP contribution in [0.15, 0.2) is 30.3 Å². The van der Waals surface area contributed by atoms with E-state index < -0.39 is 29.7 Å². The number of ether oxygens (including phenoxy) is 1. The van der Waals surface area contributed by atoms with Crippen LogP contribution in [-0.4, -0.2) is 36.2 Å². The predicted octanol–water partition coefficient (Wildman–Crippen LogP) is 3.16. The highest BCUT2D eigenvalue weighted by Crippen LogP contribution is 2.20. The van der Waals surface area contributed by atoms with Crippen LogP contribution < -0.4 is 10.6 Å². The van der Waals surface area contributed by atoms with Crippen molar-refractivity contribution in [3.63, 3.8) is 0 Å². The molecule has 0 aliphatic carbocycles. The van der Waals surface area contributed by atoms with Crippen LogP contribution in [0.2, 0.25) is 0 Å². The van der Waals surface area contributed by atoms with Gasteiger partial charge in [0, 0.05) is 18.9 Å². The van der Waals surface area contributed by atoms with E-state index in [4.69, 9.17) is 4.74 Å². The van der Waals surface area contributed by atoms with Crippen molar-refractivity contribution in [2.45, 2.75) is 65.0 Å². The smallest absolute Gasteiger partial charge is 0.408 e. The zero-order valence-corrected chi connectivity index (χ0v) is 17.8. The Balaban J connectivity index is 1.96. The van der Waals surface area contributed by atoms with Crippen LogP contribution in [0.5, 0.6) is 0 Å². The molecule has 0 spiro atoms. The summed E-state index contributed by atoms with van der Waals surface area (Å²) in [5, 5.41) is 5.26. The van der Waals surface area contributed by atoms with Gasteiger partial charge in [-0.05, 0) is 24.3 Å². The van der Waals surface area contributed by atoms with Gasteiger partial charge in [-0.2, -0.15) is 0 Å². The first kappa shape index (κ1) is 23.6. The number of amides is 2. The molecule has 1 aromatic rings. The molecule has 164 valence electrons. The Morgan fingerprint density at radius 2 is 1.80 bits per heavy atom. The van der Waals surface area contributed by atoms with Gasteiger partial charge in [0.2, 0.25) is 5.78 Å². The van der Waals surface area contributed by atoms with E-state index in [2.05, 4.69) is 10.6 Å². The van der Waals surface area contributed by atoms with E-state index in [-0.39, 0.29) is 24.7 Å². The van der Waals surface area contributed by atoms with Crippen molar-refractivity contribution in [2.75, 3.05) is 6.54 Å². The highest BCUT2D eigenvalue weighted by atomic mass is 16.5. The van der Waals surface area contributed by atoms with Crippen molar-refractivity contribution >= 4 is 23.6 Å². The number of Topliss-reactive ketones (excluding diaryl/α,β-unsaturated/α-hetero) is 2. The molecule has 2 atom stereocenters. The van der Waals surface area contributed by atoms with Gasteiger partial charge in [0.25, 0.3) is 5.91 Å². The third kappa shape index (κ3) is 7.61. The number of benzene rings is 1. The Labute approximate surface area is 177 Å². The Bertz CT molecular complexity index is 732. The number of hydrogen-bond acceptors (Lipinski definition) is 5. The van der Waals surface area contributed by atoms with Crippen LogP contribution in [0.3, 0.4) is 0 Å². The van der Waals surface area contributed by atoms with Crippen LogP contribution in [0.4, 0.5) is 4.79 Å². The van der Waals surface area contributed by atoms with Crippen LogP contribution in [0, 0.1) is 11.8 Å². The van der Waals surface area contributed by atoms with Crippen LogP contribution >= 0.6 is 0 Å². The molecule has 1 fully saturated rings. The minimum Gasteiger partial charge on any atom is -0.445 e. The molecule has 1 saturated heterocycles. The number of nitrogens with one attached hydrogen (secondary N) is 2. The largest absolute Gasteiger partial charge is 0.445 e. The van der Waals surface area contributed by atoms with E-state index in [0.717, 1.165) is 31.2 Å². The molecule has 0 radical (unpaired) electrons. The van der Waals surface area contributed by atoms with Gasteiger partial charge in [-0.1, -0.05) is 63.4 Å². The molecule has 0 saturated carbocycles. The van der Waals surface area contributed by atoms with Crippen molar-refractivity contribution in [2.24, 2.45) is 11.8 Å². The summed E-state index contributed by atoms with van der Waals surface area (Å²) in [4.78, 5) is 49.7. The molecule has 1 heterocycles. The Hall–Kier alpha value is -2.70. The van der Waals surface area contributed by atoms with Crippen molar-refractivity contribution in [3.8, 4) is 0 Å². The van der Waals surface area contributed by atoms with Gasteiger partial charge in [-0.15, -0.1) is 0 Å². The minimum atomic E-state index is -0.778. The van der Waals surface area contributed by atoms with Gasteiger partial charge >= 0.3 is 6.09 Å². The zero-order chi connectivity index (χ0) is 21.9. The van der Waals surface area contributed by atoms with Crippen molar-refractivity contribution in [3.05, 3.63) is 35.9 Å². The predicted molar refractivity (Wildman–Crippen MR) is 113 cm³/mol. The molecule has 30 heavy (non-hydrogen) atoms. The highest BCUT2D eigenvalue weighted by Gasteiger charge is 2.32. The molecule has 0 aromatic heterocycles. The summed E-state index contributed by atoms with van der Waals surface area (Å²) in [5.41, 5.74) is 0.846. The first-order chi connectivity index (χ1) is 14.4. The third-order valence-corrected chi connectivity index (χ3v) is 5.31. The SMILES string of the molecule is CC(C)[C@H](NC(=O)OCc1ccccc1)C(=O)C[C@H]1CCCCCCNC(=O)C1=O. The van der Waals surface area contributed by atoms with Crippen LogP contribution in [0.1, 0.15) is 57.9 Å². The molecule has 1 aromatic carbocycles. The number of carbonyl (C=O) groups is 4. The molecule has 1 aliphatic rings. The fraction of sp³-hybridized carbons (Fsp3) is 0.565. The number of rotatable bonds is 7. The molecule has 2 amide bonds. The molecule has 2 rings (SSSR count). The molecule has 2 N–H and O–H groups in total. The van der Waals surface area contributed by atoms with E-state index in [1.54, 1.807) is 0 Å². The summed E-state index contributed by atoms with van der Waals surface area (Å²) < 4.78 is 5.22. The molecule has 0 bridgehead atoms. The van der Waals surface area contributed by atoms with E-state index in [0.29, 0.717) is 13.0 Å². The fourth-order valence-electron chi connectivity index (χ4n) is 3.55. The minimum absolute atomic E-state index is 0.0614. The third-order valence-electron chi connectivity index (χ3n) is 5.31. The Morgan fingerprint density at radius 1 is 1.10 bits per heavy atom. The quantitative estimate of drug-likeness (QED) is 0.665. The highest BCUT2D eigenvalue weighted by molar-refractivity contribution is 6.37. The first-order valence-corrected chi connectivity index (χ1v) is 10.7. The van der Waals surface area contributed by atoms with Crippen molar-refractivity contribution in [1.29, 1.82) is 0 Å². The van der Waals surface area contributed by atoms with Gasteiger partial charge in [0.15, 0.2) is 5.78 Å². The number of alkyl carbamates (subject to hydrolysis) is 1. The topological polar surface area (TPSA) is 102 Å². The lowest BCUT2D eigenvalue weighted by molar-refractivity contribution is -0.141. The molecular weight excluding hydrogens is 384 g/mol. The van der Waals surface area contributed by atoms with Crippen molar-refractivity contribution < 1.29 is 23.9 Å². The molecular formula is C23H32N2O5. The second kappa shape index (κ2) is 12.1. The number of hydrogen-bond donors (Lipinski definition) is 2. The lowest BCUT2D eigenvalue weighted by atomic mass is 9.86. The van der Waals surface area contributed by atoms with E-state index in [9.17, 15) is 19.2 Å². The van der Waals surface area contributed by atoms with Gasteiger partial charge < -0.3 is 15.4 Å². The molecule has 1 aliphatic heterocycles. The summed E-state index contributed by atoms with van der Waals surface area (Å²) in [6.45, 7) is 4.23. The maximum absolute atomic E-state index is 12.9. The van der Waals surface area contributed by atoms with Crippen LogP contribution in [0.25, 0.3) is 0 Å². The van der Waals surface area contributed by atoms with Gasteiger partial charge in [0.05, 0.1) is 6.04 Å². The van der Waals surface area contributed by atoms with Gasteiger partial charge in [-0.3, -0.25) is 14.4 Å². The summed E-state index contributed by atoms with van der Waals surface area (Å²) >= 11 is 0. The van der Waals surface area contributed by atoms with E-state index in [1.807, 2.05) is 44.2 Å². The second-order valence-electron chi connectivity index (χ2n) is 8.12. The zero-order valence-electron chi connectivity index (χ0n) is 17.8. The number of carbonyl (C=O) groups excluding carboxylic acids is 4. The van der Waals surface area contributed by atoms with Gasteiger partial charge in [0.1, 0.15) is 6.61 Å². The monoisotopic (exact) mass is 416 g/mol. The lowest BCUT2D eigenvalue weighted by Crippen LogP contribution is -2.46. The molecule has 7 heteroatoms. The summed E-state index contributed by atoms with van der Waals surface area (Å²) in [5.74, 6) is -2.25. The Morgan fingerprint density at radius 3 is 2.50 bits per heavy atom. The van der Waals surface area contributed by atoms with Crippen molar-refractivity contribution in [1.82, 2.24) is 10.6 Å². The Kier molecular flexibility index (Phi) is 9.51. The summed E-state index contributed by atoms with van der Waals surface area (Å²) in [7, 11) is 0. The second-order valence-corrected chi connectivity index (χ2v) is 8.12. The van der Waals surface area contributed by atoms with Crippen LogP contribution in [-0.2, 0) is 25.7 Å².